The van der Waals surface area contributed by atoms with Gasteiger partial charge < -0.3 is 127 Å². The molecule has 0 bridgehead atoms. The average molecular weight is 1960 g/mol. The van der Waals surface area contributed by atoms with Crippen molar-refractivity contribution in [2.24, 2.45) is 46.8 Å². The summed E-state index contributed by atoms with van der Waals surface area (Å²) < 4.78 is 0. The number of imidazole rings is 1. The number of unbranched alkanes of at least 4 members (excludes halogenated alkanes) is 1. The summed E-state index contributed by atoms with van der Waals surface area (Å²) in [7, 11) is 0. The van der Waals surface area contributed by atoms with Crippen molar-refractivity contribution < 1.29 is 112 Å². The molecule has 44 nitrogen and oxygen atoms in total. The molecule has 27 N–H and O–H groups in total. The number of aliphatic carboxylic acids is 3. The maximum Gasteiger partial charge on any atom is 0.305 e. The van der Waals surface area contributed by atoms with E-state index >= 15 is 4.79 Å². The molecule has 139 heavy (non-hydrogen) atoms. The summed E-state index contributed by atoms with van der Waals surface area (Å²) in [6.45, 7) is 19.5. The Bertz CT molecular complexity index is 4980. The highest BCUT2D eigenvalue weighted by Crippen LogP contribution is 2.23. The molecule has 0 spiro atoms. The van der Waals surface area contributed by atoms with Crippen molar-refractivity contribution in [1.29, 1.82) is 0 Å². The molecule has 5 rings (SSSR count). The normalized spacial score (nSPS) is 15.2. The fraction of sp³-hybridized carbons (Fsp3) is 0.553. The fourth-order valence-corrected chi connectivity index (χ4v) is 15.3. The molecular formula is C94H139N21O23S. The summed E-state index contributed by atoms with van der Waals surface area (Å²) in [6, 6.07) is -3.38. The van der Waals surface area contributed by atoms with Gasteiger partial charge in [-0.1, -0.05) is 143 Å². The van der Waals surface area contributed by atoms with Crippen LogP contribution in [0.3, 0.4) is 0 Å². The summed E-state index contributed by atoms with van der Waals surface area (Å²) in [4.78, 5) is 275. The highest BCUT2D eigenvalue weighted by molar-refractivity contribution is 7.98. The number of nitrogens with zero attached hydrogens (tertiary/aromatic N) is 1. The van der Waals surface area contributed by atoms with Crippen molar-refractivity contribution >= 4 is 135 Å². The third-order valence-corrected chi connectivity index (χ3v) is 23.8. The van der Waals surface area contributed by atoms with E-state index < -0.39 is 258 Å². The molecule has 0 aliphatic carbocycles. The molecule has 0 aliphatic heterocycles. The third-order valence-electron chi connectivity index (χ3n) is 23.2. The van der Waals surface area contributed by atoms with Gasteiger partial charge in [0, 0.05) is 61.1 Å². The molecule has 0 radical (unpaired) electrons. The lowest BCUT2D eigenvalue weighted by molar-refractivity contribution is -0.142. The number of carboxylic acid groups (broad SMARTS) is 3. The Hall–Kier alpha value is -13.6. The first kappa shape index (κ1) is 116. The number of aromatic amines is 2. The van der Waals surface area contributed by atoms with Crippen LogP contribution in [0.5, 0.6) is 5.75 Å². The minimum Gasteiger partial charge on any atom is -0.508 e. The van der Waals surface area contributed by atoms with Crippen molar-refractivity contribution in [3.63, 3.8) is 0 Å². The fourth-order valence-electron chi connectivity index (χ4n) is 14.8. The van der Waals surface area contributed by atoms with E-state index in [1.54, 1.807) is 84.3 Å². The van der Waals surface area contributed by atoms with Gasteiger partial charge in [0.15, 0.2) is 0 Å². The molecule has 0 saturated carbocycles. The number of carboxylic acids is 3. The van der Waals surface area contributed by atoms with Gasteiger partial charge in [0.2, 0.25) is 94.5 Å². The molecule has 0 aliphatic rings. The lowest BCUT2D eigenvalue weighted by Crippen LogP contribution is -2.62. The quantitative estimate of drug-likeness (QED) is 0.0219. The molecular weight excluding hydrogens is 1820 g/mol. The van der Waals surface area contributed by atoms with Crippen LogP contribution in [-0.4, -0.2) is 263 Å². The predicted octanol–water partition coefficient (Wildman–Crippen LogP) is -0.472. The SMILES string of the molecule is CC[C@H](C)[C@H](NC(=O)[C@H](CC(=O)O)NC(=O)[C@H](CC(C)C)NC(=O)[C@H](Cc1cnc[nH]1)NC(=O)[C@H](C)NC(=O)[C@H](Cc1ccccc1)NC(=O)[C@H](Cc1ccc(O)cc1)NC(=O)[C@@H](NC(=O)[C@H](C)NC(=O)[C@H](CCC(=O)O)NC(=O)[C@H](CCCCN)NC(=O)[C@H](CC(=O)O)NC(=O)[C@H](CCSC)NC(=O)[C@@H](N)CC(C)C)C(C)C)C(=O)N[C@H](C(=O)N[C@@H](Cc1c[nH]c2ccccc12)C(N)=O)[C@@H](C)CC. The summed E-state index contributed by atoms with van der Waals surface area (Å²) >= 11 is 1.33. The molecule has 16 amide bonds. The van der Waals surface area contributed by atoms with Gasteiger partial charge in [-0.2, -0.15) is 11.8 Å². The highest BCUT2D eigenvalue weighted by Gasteiger charge is 2.41. The standard InChI is InChI=1S/C94H139N21O23S/c1-14-51(9)77(93(137)106-66(79(97)123)41-57-45-99-62-26-20-19-25-60(57)62)115-94(138)78(52(10)15-2)114-91(135)72(44-75(121)122)111-87(131)67(38-49(5)6)108-89(133)70(42-58-46-98-47-100-58)107-80(124)53(11)102-86(130)68(39-55-23-17-16-18-24-55)109-88(132)69(40-56-28-30-59(116)31-29-56)112-92(136)76(50(7)8)113-81(125)54(12)101-83(127)64(32-33-73(117)118)105-84(128)63(27-21-22-35-95)104-90(134)71(43-74(119)120)110-85(129)65(34-36-139-13)103-82(126)61(96)37-48(3)4/h16-20,23-26,28-31,45-54,61,63-72,76-78,99,116H,14-15,21-22,27,32-44,95-96H2,1-13H3,(H2,97,123)(H,98,100)(H,101,127)(H,102,130)(H,103,126)(H,104,134)(H,105,128)(H,106,137)(H,107,124)(H,108,133)(H,109,132)(H,110,129)(H,111,131)(H,112,136)(H,113,125)(H,114,135)(H,115,138)(H,117,118)(H,119,120)(H,121,122)/t51-,52-,53-,54-,61-,63-,64-,65-,66-,67-,68-,69-,70-,71-,72-,76-,77-,78-/m0/s1. The molecule has 5 aromatic rings. The highest BCUT2D eigenvalue weighted by atomic mass is 32.2. The number of carbonyl (C=O) groups excluding carboxylic acids is 16. The number of fused-ring (bicyclic) bond motifs is 1. The zero-order chi connectivity index (χ0) is 104. The number of benzene rings is 3. The minimum atomic E-state index is -1.91. The zero-order valence-corrected chi connectivity index (χ0v) is 81.5. The van der Waals surface area contributed by atoms with Crippen molar-refractivity contribution in [1.82, 2.24) is 94.7 Å². The van der Waals surface area contributed by atoms with Crippen molar-refractivity contribution in [2.45, 2.75) is 282 Å². The van der Waals surface area contributed by atoms with E-state index in [1.807, 2.05) is 38.1 Å². The van der Waals surface area contributed by atoms with Crippen LogP contribution in [0.1, 0.15) is 183 Å². The van der Waals surface area contributed by atoms with Crippen LogP contribution in [0.25, 0.3) is 10.9 Å². The van der Waals surface area contributed by atoms with Crippen LogP contribution in [0.2, 0.25) is 0 Å². The van der Waals surface area contributed by atoms with Crippen molar-refractivity contribution in [3.05, 3.63) is 120 Å². The maximum atomic E-state index is 15.1. The summed E-state index contributed by atoms with van der Waals surface area (Å²) in [6.07, 6.45) is 2.75. The second kappa shape index (κ2) is 58.2. The number of phenolic OH excluding ortho intramolecular Hbond substituents is 1. The molecule has 0 unspecified atom stereocenters. The Balaban J connectivity index is 1.35. The van der Waals surface area contributed by atoms with Crippen LogP contribution in [0.15, 0.2) is 97.6 Å². The van der Waals surface area contributed by atoms with Gasteiger partial charge in [-0.05, 0) is 142 Å². The van der Waals surface area contributed by atoms with Crippen LogP contribution in [-0.2, 0) is 117 Å². The smallest absolute Gasteiger partial charge is 0.305 e. The molecule has 0 fully saturated rings. The predicted molar refractivity (Wildman–Crippen MR) is 514 cm³/mol. The van der Waals surface area contributed by atoms with E-state index in [4.69, 9.17) is 17.2 Å². The van der Waals surface area contributed by atoms with E-state index in [-0.39, 0.29) is 88.1 Å². The Morgan fingerprint density at radius 3 is 1.32 bits per heavy atom. The maximum absolute atomic E-state index is 15.1. The topological polar surface area (TPSA) is 708 Å². The van der Waals surface area contributed by atoms with Crippen LogP contribution in [0, 0.1) is 29.6 Å². The number of hydrogen-bond acceptors (Lipinski definition) is 24. The Kier molecular flexibility index (Phi) is 48.5. The number of nitrogens with one attached hydrogen (secondary N) is 17. The van der Waals surface area contributed by atoms with E-state index in [0.29, 0.717) is 35.3 Å². The molecule has 2 aromatic heterocycles. The van der Waals surface area contributed by atoms with Gasteiger partial charge in [-0.3, -0.25) is 91.1 Å². The second-order valence-corrected chi connectivity index (χ2v) is 36.9. The molecule has 764 valence electrons. The average Bonchev–Trinajstić information content (AvgIpc) is 1.67. The largest absolute Gasteiger partial charge is 0.508 e. The molecule has 3 aromatic carbocycles. The molecule has 0 saturated heterocycles. The van der Waals surface area contributed by atoms with Gasteiger partial charge in [0.1, 0.15) is 96.4 Å². The van der Waals surface area contributed by atoms with Gasteiger partial charge in [0.25, 0.3) is 0 Å². The number of hydrogen-bond donors (Lipinski definition) is 24. The number of para-hydroxylation sites is 1. The van der Waals surface area contributed by atoms with Crippen LogP contribution >= 0.6 is 11.8 Å². The van der Waals surface area contributed by atoms with E-state index in [9.17, 15) is 107 Å². The van der Waals surface area contributed by atoms with Gasteiger partial charge in [-0.25, -0.2) is 4.98 Å². The number of carbonyl (C=O) groups is 19. The Morgan fingerprint density at radius 1 is 0.403 bits per heavy atom. The minimum absolute atomic E-state index is 0.00342. The Labute approximate surface area is 810 Å². The second-order valence-electron chi connectivity index (χ2n) is 35.9. The first-order chi connectivity index (χ1) is 65.7. The van der Waals surface area contributed by atoms with Gasteiger partial charge >= 0.3 is 17.9 Å². The number of aromatic nitrogens is 3. The van der Waals surface area contributed by atoms with Gasteiger partial charge in [0.05, 0.1) is 25.2 Å². The lowest BCUT2D eigenvalue weighted by Gasteiger charge is -2.31. The van der Waals surface area contributed by atoms with E-state index in [2.05, 4.69) is 94.7 Å². The Morgan fingerprint density at radius 2 is 0.813 bits per heavy atom. The van der Waals surface area contributed by atoms with E-state index in [0.717, 1.165) is 10.9 Å². The van der Waals surface area contributed by atoms with Crippen molar-refractivity contribution in [2.75, 3.05) is 18.6 Å². The van der Waals surface area contributed by atoms with E-state index in [1.165, 1.54) is 76.2 Å². The number of phenols is 1. The van der Waals surface area contributed by atoms with Crippen LogP contribution in [0.4, 0.5) is 0 Å². The van der Waals surface area contributed by atoms with Gasteiger partial charge in [-0.15, -0.1) is 0 Å². The molecule has 45 heteroatoms. The molecule has 2 heterocycles. The zero-order valence-electron chi connectivity index (χ0n) is 80.7. The first-order valence-electron chi connectivity index (χ1n) is 46.5. The number of amides is 16. The van der Waals surface area contributed by atoms with Crippen LogP contribution < -0.4 is 97.0 Å². The van der Waals surface area contributed by atoms with Crippen molar-refractivity contribution in [3.8, 4) is 5.75 Å². The number of H-pyrrole nitrogens is 2. The number of aromatic hydroxyl groups is 1. The summed E-state index contributed by atoms with van der Waals surface area (Å²) in [5, 5.41) is 79.3. The summed E-state index contributed by atoms with van der Waals surface area (Å²) in [5.74, 6) is -22.5. The number of thioether (sulfide) groups is 1. The number of nitrogens with two attached hydrogens (primary N) is 3. The summed E-state index contributed by atoms with van der Waals surface area (Å²) in [5.41, 5.74) is 20.2. The monoisotopic (exact) mass is 1960 g/mol. The first-order valence-corrected chi connectivity index (χ1v) is 47.9. The third kappa shape index (κ3) is 39.4. The number of primary amides is 1. The lowest BCUT2D eigenvalue weighted by atomic mass is 9.94. The molecule has 18 atom stereocenters. The number of rotatable bonds is 62.